The standard InChI is InChI=1S/C17H25N3OSi/c1-12(2)22(13(3)4,14(5)6)10-8-15-7-9-20(21)17-16(15)18-11-19-17/h7,9,11-14,21H,1-6H3. The van der Waals surface area contributed by atoms with Gasteiger partial charge in [0, 0.05) is 6.20 Å². The molecule has 0 unspecified atom stereocenters. The first-order chi connectivity index (χ1) is 10.3. The molecule has 0 spiro atoms. The van der Waals surface area contributed by atoms with Gasteiger partial charge in [0.1, 0.15) is 20.1 Å². The number of aromatic nitrogens is 3. The van der Waals surface area contributed by atoms with Gasteiger partial charge in [-0.3, -0.25) is 0 Å². The van der Waals surface area contributed by atoms with Crippen LogP contribution in [0.25, 0.3) is 11.5 Å². The van der Waals surface area contributed by atoms with Gasteiger partial charge >= 0.3 is 0 Å². The zero-order valence-electron chi connectivity index (χ0n) is 14.3. The summed E-state index contributed by atoms with van der Waals surface area (Å²) in [5, 5.41) is 9.75. The average Bonchev–Trinajstić information content (AvgIpc) is 2.90. The van der Waals surface area contributed by atoms with Crippen LogP contribution in [0.1, 0.15) is 47.1 Å². The molecule has 0 amide bonds. The van der Waals surface area contributed by atoms with Crippen LogP contribution in [0.2, 0.25) is 16.6 Å². The fourth-order valence-corrected chi connectivity index (χ4v) is 8.84. The third kappa shape index (κ3) is 2.63. The summed E-state index contributed by atoms with van der Waals surface area (Å²) in [6.45, 7) is 13.8. The van der Waals surface area contributed by atoms with Gasteiger partial charge in [-0.1, -0.05) is 47.5 Å². The van der Waals surface area contributed by atoms with E-state index in [9.17, 15) is 5.21 Å². The van der Waals surface area contributed by atoms with Crippen LogP contribution < -0.4 is 0 Å². The summed E-state index contributed by atoms with van der Waals surface area (Å²) < 4.78 is 0.992. The van der Waals surface area contributed by atoms with Crippen LogP contribution in [0.3, 0.4) is 0 Å². The summed E-state index contributed by atoms with van der Waals surface area (Å²) in [7, 11) is -1.77. The first-order valence-electron chi connectivity index (χ1n) is 7.85. The number of pyridine rings is 1. The molecule has 2 aliphatic heterocycles. The van der Waals surface area contributed by atoms with Crippen molar-refractivity contribution in [1.29, 1.82) is 0 Å². The number of rotatable bonds is 3. The Morgan fingerprint density at radius 2 is 1.64 bits per heavy atom. The molecule has 4 nitrogen and oxygen atoms in total. The Morgan fingerprint density at radius 3 is 2.18 bits per heavy atom. The van der Waals surface area contributed by atoms with Gasteiger partial charge in [-0.25, -0.2) is 9.97 Å². The number of hydrogen-bond donors (Lipinski definition) is 1. The van der Waals surface area contributed by atoms with Crippen LogP contribution in [0.15, 0.2) is 18.6 Å². The van der Waals surface area contributed by atoms with Crippen molar-refractivity contribution in [3.8, 4) is 23.0 Å². The molecule has 1 N–H and O–H groups in total. The molecule has 0 radical (unpaired) electrons. The van der Waals surface area contributed by atoms with E-state index in [0.717, 1.165) is 10.3 Å². The van der Waals surface area contributed by atoms with Gasteiger partial charge < -0.3 is 5.21 Å². The maximum Gasteiger partial charge on any atom is 0.196 e. The van der Waals surface area contributed by atoms with Gasteiger partial charge in [0.15, 0.2) is 5.82 Å². The van der Waals surface area contributed by atoms with E-state index in [4.69, 9.17) is 0 Å². The summed E-state index contributed by atoms with van der Waals surface area (Å²) in [6, 6.07) is 1.81. The molecule has 22 heavy (non-hydrogen) atoms. The number of imidazole rings is 1. The second-order valence-electron chi connectivity index (χ2n) is 6.77. The zero-order chi connectivity index (χ0) is 16.5. The molecule has 2 rings (SSSR count). The van der Waals surface area contributed by atoms with Crippen molar-refractivity contribution in [3.05, 3.63) is 24.2 Å². The molecular formula is C17H25N3OSi. The highest BCUT2D eigenvalue weighted by atomic mass is 28.3. The third-order valence-electron chi connectivity index (χ3n) is 4.71. The molecule has 0 fully saturated rings. The van der Waals surface area contributed by atoms with E-state index in [1.54, 1.807) is 6.20 Å². The van der Waals surface area contributed by atoms with Crippen molar-refractivity contribution in [2.45, 2.75) is 58.2 Å². The smallest absolute Gasteiger partial charge is 0.196 e. The van der Waals surface area contributed by atoms with Crippen molar-refractivity contribution in [2.24, 2.45) is 0 Å². The lowest BCUT2D eigenvalue weighted by atomic mass is 10.2. The summed E-state index contributed by atoms with van der Waals surface area (Å²) in [5.41, 5.74) is 6.96. The SMILES string of the molecule is CC(C)[Si](C#Cc1ccn(O)c2ncnc1-2)(C(C)C)C(C)C. The first kappa shape index (κ1) is 16.6. The highest BCUT2D eigenvalue weighted by Crippen LogP contribution is 2.40. The van der Waals surface area contributed by atoms with E-state index >= 15 is 0 Å². The normalized spacial score (nSPS) is 12.2. The van der Waals surface area contributed by atoms with E-state index in [0.29, 0.717) is 28.1 Å². The Morgan fingerprint density at radius 1 is 1.05 bits per heavy atom. The minimum absolute atomic E-state index is 0.456. The lowest BCUT2D eigenvalue weighted by Gasteiger charge is -2.38. The molecule has 0 saturated heterocycles. The fraction of sp³-hybridized carbons (Fsp3) is 0.529. The second-order valence-corrected chi connectivity index (χ2v) is 12.3. The van der Waals surface area contributed by atoms with Gasteiger partial charge in [0.25, 0.3) is 0 Å². The van der Waals surface area contributed by atoms with Crippen LogP contribution >= 0.6 is 0 Å². The Balaban J connectivity index is 2.54. The van der Waals surface area contributed by atoms with E-state index in [1.807, 2.05) is 6.07 Å². The summed E-state index contributed by atoms with van der Waals surface area (Å²) in [4.78, 5) is 8.31. The molecule has 5 heteroatoms. The van der Waals surface area contributed by atoms with E-state index < -0.39 is 8.07 Å². The molecular weight excluding hydrogens is 290 g/mol. The molecule has 0 aromatic rings. The minimum Gasteiger partial charge on any atom is -0.427 e. The lowest BCUT2D eigenvalue weighted by Crippen LogP contribution is -2.43. The summed E-state index contributed by atoms with van der Waals surface area (Å²) in [5.74, 6) is 3.83. The maximum absolute atomic E-state index is 9.75. The van der Waals surface area contributed by atoms with Gasteiger partial charge in [0.05, 0.1) is 5.56 Å². The van der Waals surface area contributed by atoms with Crippen molar-refractivity contribution < 1.29 is 5.21 Å². The molecule has 118 valence electrons. The summed E-state index contributed by atoms with van der Waals surface area (Å²) >= 11 is 0. The van der Waals surface area contributed by atoms with Gasteiger partial charge in [-0.2, -0.15) is 4.73 Å². The van der Waals surface area contributed by atoms with E-state index in [2.05, 4.69) is 63.0 Å². The molecule has 2 heterocycles. The van der Waals surface area contributed by atoms with Crippen molar-refractivity contribution in [3.63, 3.8) is 0 Å². The maximum atomic E-state index is 9.75. The first-order valence-corrected chi connectivity index (χ1v) is 10.1. The Bertz CT molecular complexity index is 657. The van der Waals surface area contributed by atoms with Crippen molar-refractivity contribution in [2.75, 3.05) is 0 Å². The van der Waals surface area contributed by atoms with Crippen LogP contribution in [-0.4, -0.2) is 28.0 Å². The monoisotopic (exact) mass is 315 g/mol. The topological polar surface area (TPSA) is 50.9 Å². The van der Waals surface area contributed by atoms with Crippen molar-refractivity contribution >= 4 is 8.07 Å². The molecule has 0 bridgehead atoms. The van der Waals surface area contributed by atoms with Gasteiger partial charge in [-0.15, -0.1) is 5.54 Å². The molecule has 0 saturated carbocycles. The number of nitrogens with zero attached hydrogens (tertiary/aromatic N) is 3. The molecule has 0 aromatic heterocycles. The van der Waals surface area contributed by atoms with Gasteiger partial charge in [-0.05, 0) is 22.7 Å². The molecule has 2 aliphatic rings. The third-order valence-corrected chi connectivity index (χ3v) is 11.0. The van der Waals surface area contributed by atoms with Crippen LogP contribution in [-0.2, 0) is 0 Å². The van der Waals surface area contributed by atoms with Gasteiger partial charge in [0.2, 0.25) is 0 Å². The second kappa shape index (κ2) is 6.13. The predicted molar refractivity (Wildman–Crippen MR) is 91.8 cm³/mol. The molecule has 0 aliphatic carbocycles. The fourth-order valence-electron chi connectivity index (χ4n) is 3.62. The number of hydrogen-bond acceptors (Lipinski definition) is 3. The highest BCUT2D eigenvalue weighted by molar-refractivity contribution is 6.90. The zero-order valence-corrected chi connectivity index (χ0v) is 15.3. The van der Waals surface area contributed by atoms with Crippen molar-refractivity contribution in [1.82, 2.24) is 14.7 Å². The highest BCUT2D eigenvalue weighted by Gasteiger charge is 2.41. The van der Waals surface area contributed by atoms with E-state index in [-0.39, 0.29) is 0 Å². The van der Waals surface area contributed by atoms with Crippen LogP contribution in [0.5, 0.6) is 0 Å². The Hall–Kier alpha value is -1.80. The minimum atomic E-state index is -1.77. The number of fused-ring (bicyclic) bond motifs is 1. The van der Waals surface area contributed by atoms with Crippen LogP contribution in [0, 0.1) is 11.5 Å². The quantitative estimate of drug-likeness (QED) is 0.525. The summed E-state index contributed by atoms with van der Waals surface area (Å²) in [6.07, 6.45) is 3.03. The lowest BCUT2D eigenvalue weighted by molar-refractivity contribution is 0.186. The molecule has 0 atom stereocenters. The van der Waals surface area contributed by atoms with Crippen LogP contribution in [0.4, 0.5) is 0 Å². The Kier molecular flexibility index (Phi) is 4.62. The largest absolute Gasteiger partial charge is 0.427 e. The predicted octanol–water partition coefficient (Wildman–Crippen LogP) is 4.19. The van der Waals surface area contributed by atoms with E-state index in [1.165, 1.54) is 6.33 Å². The average molecular weight is 315 g/mol. The molecule has 0 aromatic carbocycles. The Labute approximate surface area is 133 Å².